The number of rotatable bonds is 4. The Morgan fingerprint density at radius 2 is 2.50 bits per heavy atom. The third-order valence-corrected chi connectivity index (χ3v) is 1.82. The van der Waals surface area contributed by atoms with Crippen LogP contribution in [0.1, 0.15) is 12.7 Å². The van der Waals surface area contributed by atoms with Crippen LogP contribution in [0.5, 0.6) is 0 Å². The highest BCUT2D eigenvalue weighted by atomic mass is 16.3. The van der Waals surface area contributed by atoms with E-state index in [1.165, 1.54) is 0 Å². The Morgan fingerprint density at radius 3 is 2.92 bits per heavy atom. The van der Waals surface area contributed by atoms with E-state index in [0.29, 0.717) is 6.42 Å². The summed E-state index contributed by atoms with van der Waals surface area (Å²) in [6.45, 7) is 1.57. The summed E-state index contributed by atoms with van der Waals surface area (Å²) in [7, 11) is 1.77. The van der Waals surface area contributed by atoms with Gasteiger partial charge in [-0.15, -0.1) is 0 Å². The molecule has 1 atom stereocenters. The molecule has 1 heterocycles. The Balaban J connectivity index is 2.54. The number of Topliss-reactive ketones (excluding diaryl/α,β-unsaturated/α-hetero) is 1. The Morgan fingerprint density at radius 1 is 1.75 bits per heavy atom. The molecule has 0 bridgehead atoms. The molecule has 0 aromatic carbocycles. The smallest absolute Gasteiger partial charge is 0.147 e. The Labute approximate surface area is 71.8 Å². The van der Waals surface area contributed by atoms with Gasteiger partial charge in [0.15, 0.2) is 0 Å². The highest BCUT2D eigenvalue weighted by Gasteiger charge is 2.12. The summed E-state index contributed by atoms with van der Waals surface area (Å²) in [6.07, 6.45) is 2.24. The van der Waals surface area contributed by atoms with E-state index in [2.05, 4.69) is 5.32 Å². The van der Waals surface area contributed by atoms with Crippen LogP contribution in [-0.4, -0.2) is 18.9 Å². The molecule has 0 aliphatic heterocycles. The van der Waals surface area contributed by atoms with E-state index in [9.17, 15) is 4.79 Å². The summed E-state index contributed by atoms with van der Waals surface area (Å²) in [5.41, 5.74) is 0. The van der Waals surface area contributed by atoms with Crippen LogP contribution in [0, 0.1) is 0 Å². The third kappa shape index (κ3) is 2.20. The molecule has 3 heteroatoms. The number of likely N-dealkylation sites (N-methyl/N-ethyl adjacent to an activating group) is 1. The van der Waals surface area contributed by atoms with Gasteiger partial charge in [-0.25, -0.2) is 0 Å². The van der Waals surface area contributed by atoms with Gasteiger partial charge in [0.05, 0.1) is 12.3 Å². The second kappa shape index (κ2) is 4.07. The number of furan rings is 1. The number of hydrogen-bond acceptors (Lipinski definition) is 3. The van der Waals surface area contributed by atoms with Crippen molar-refractivity contribution in [3.8, 4) is 0 Å². The van der Waals surface area contributed by atoms with Crippen LogP contribution >= 0.6 is 0 Å². The molecule has 0 aliphatic rings. The van der Waals surface area contributed by atoms with Gasteiger partial charge in [-0.3, -0.25) is 4.79 Å². The van der Waals surface area contributed by atoms with Gasteiger partial charge < -0.3 is 9.73 Å². The highest BCUT2D eigenvalue weighted by Crippen LogP contribution is 2.04. The molecule has 0 spiro atoms. The van der Waals surface area contributed by atoms with Crippen LogP contribution in [0.3, 0.4) is 0 Å². The number of carbonyl (C=O) groups is 1. The van der Waals surface area contributed by atoms with E-state index in [0.717, 1.165) is 5.76 Å². The molecule has 12 heavy (non-hydrogen) atoms. The minimum absolute atomic E-state index is 0.129. The molecule has 1 aromatic heterocycles. The largest absolute Gasteiger partial charge is 0.469 e. The van der Waals surface area contributed by atoms with Gasteiger partial charge in [0.2, 0.25) is 0 Å². The zero-order valence-electron chi connectivity index (χ0n) is 7.33. The summed E-state index contributed by atoms with van der Waals surface area (Å²) in [4.78, 5) is 11.0. The molecule has 0 radical (unpaired) electrons. The van der Waals surface area contributed by atoms with E-state index in [1.807, 2.05) is 12.1 Å². The van der Waals surface area contributed by atoms with Crippen molar-refractivity contribution in [2.75, 3.05) is 7.05 Å². The summed E-state index contributed by atoms with van der Waals surface area (Å²) in [6, 6.07) is 3.56. The van der Waals surface area contributed by atoms with Crippen LogP contribution in [0.25, 0.3) is 0 Å². The second-order valence-corrected chi connectivity index (χ2v) is 2.74. The van der Waals surface area contributed by atoms with Crippen molar-refractivity contribution >= 4 is 5.78 Å². The number of carbonyl (C=O) groups excluding carboxylic acids is 1. The third-order valence-electron chi connectivity index (χ3n) is 1.82. The van der Waals surface area contributed by atoms with Crippen molar-refractivity contribution in [1.29, 1.82) is 0 Å². The van der Waals surface area contributed by atoms with Crippen LogP contribution in [-0.2, 0) is 11.2 Å². The average molecular weight is 167 g/mol. The van der Waals surface area contributed by atoms with E-state index in [4.69, 9.17) is 4.42 Å². The van der Waals surface area contributed by atoms with E-state index in [-0.39, 0.29) is 11.8 Å². The normalized spacial score (nSPS) is 12.8. The fourth-order valence-electron chi connectivity index (χ4n) is 1.08. The molecule has 66 valence electrons. The zero-order chi connectivity index (χ0) is 8.97. The summed E-state index contributed by atoms with van der Waals surface area (Å²) >= 11 is 0. The highest BCUT2D eigenvalue weighted by molar-refractivity contribution is 5.81. The summed E-state index contributed by atoms with van der Waals surface area (Å²) in [5.74, 6) is 0.971. The Bertz CT molecular complexity index is 241. The van der Waals surface area contributed by atoms with Crippen molar-refractivity contribution in [2.24, 2.45) is 0 Å². The first-order chi connectivity index (χ1) is 5.74. The lowest BCUT2D eigenvalue weighted by molar-refractivity contribution is -0.118. The lowest BCUT2D eigenvalue weighted by Crippen LogP contribution is -2.34. The molecule has 0 amide bonds. The molecule has 1 unspecified atom stereocenters. The molecular weight excluding hydrogens is 154 g/mol. The molecule has 3 nitrogen and oxygen atoms in total. The minimum Gasteiger partial charge on any atom is -0.469 e. The van der Waals surface area contributed by atoms with E-state index >= 15 is 0 Å². The van der Waals surface area contributed by atoms with E-state index in [1.54, 1.807) is 20.2 Å². The first-order valence-electron chi connectivity index (χ1n) is 3.94. The topological polar surface area (TPSA) is 42.2 Å². The van der Waals surface area contributed by atoms with Gasteiger partial charge in [0.25, 0.3) is 0 Å². The van der Waals surface area contributed by atoms with Crippen LogP contribution in [0.15, 0.2) is 22.8 Å². The lowest BCUT2D eigenvalue weighted by atomic mass is 10.1. The Kier molecular flexibility index (Phi) is 3.05. The monoisotopic (exact) mass is 167 g/mol. The Hall–Kier alpha value is -1.09. The zero-order valence-corrected chi connectivity index (χ0v) is 7.33. The fraction of sp³-hybridized carbons (Fsp3) is 0.444. The van der Waals surface area contributed by atoms with Crippen LogP contribution < -0.4 is 5.32 Å². The van der Waals surface area contributed by atoms with Crippen molar-refractivity contribution in [1.82, 2.24) is 5.32 Å². The van der Waals surface area contributed by atoms with Crippen molar-refractivity contribution in [3.63, 3.8) is 0 Å². The quantitative estimate of drug-likeness (QED) is 0.727. The number of ketones is 1. The molecule has 0 saturated heterocycles. The van der Waals surface area contributed by atoms with Gasteiger partial charge in [-0.1, -0.05) is 0 Å². The van der Waals surface area contributed by atoms with Gasteiger partial charge in [0, 0.05) is 6.42 Å². The minimum atomic E-state index is -0.129. The molecule has 0 aliphatic carbocycles. The first-order valence-corrected chi connectivity index (χ1v) is 3.94. The summed E-state index contributed by atoms with van der Waals surface area (Å²) < 4.78 is 5.12. The number of nitrogens with one attached hydrogen (secondary N) is 1. The maximum Gasteiger partial charge on any atom is 0.147 e. The second-order valence-electron chi connectivity index (χ2n) is 2.74. The molecule has 0 saturated carbocycles. The molecule has 1 aromatic rings. The van der Waals surface area contributed by atoms with Gasteiger partial charge in [-0.2, -0.15) is 0 Å². The van der Waals surface area contributed by atoms with Gasteiger partial charge >= 0.3 is 0 Å². The predicted octanol–water partition coefficient (Wildman–Crippen LogP) is 0.999. The standard InChI is InChI=1S/C9H13NO2/c1-7(11)9(10-2)6-8-4-3-5-12-8/h3-5,9-10H,6H2,1-2H3. The van der Waals surface area contributed by atoms with Crippen molar-refractivity contribution < 1.29 is 9.21 Å². The lowest BCUT2D eigenvalue weighted by Gasteiger charge is -2.09. The molecular formula is C9H13NO2. The van der Waals surface area contributed by atoms with Gasteiger partial charge in [-0.05, 0) is 26.1 Å². The van der Waals surface area contributed by atoms with Crippen molar-refractivity contribution in [2.45, 2.75) is 19.4 Å². The van der Waals surface area contributed by atoms with Crippen molar-refractivity contribution in [3.05, 3.63) is 24.2 Å². The SMILES string of the molecule is CNC(Cc1ccco1)C(C)=O. The molecule has 1 rings (SSSR count). The van der Waals surface area contributed by atoms with Crippen LogP contribution in [0.2, 0.25) is 0 Å². The summed E-state index contributed by atoms with van der Waals surface area (Å²) in [5, 5.41) is 2.93. The molecule has 0 fully saturated rings. The maximum atomic E-state index is 11.0. The fourth-order valence-corrected chi connectivity index (χ4v) is 1.08. The number of hydrogen-bond donors (Lipinski definition) is 1. The van der Waals surface area contributed by atoms with Gasteiger partial charge in [0.1, 0.15) is 11.5 Å². The maximum absolute atomic E-state index is 11.0. The van der Waals surface area contributed by atoms with E-state index < -0.39 is 0 Å². The predicted molar refractivity (Wildman–Crippen MR) is 45.9 cm³/mol. The molecule has 1 N–H and O–H groups in total. The van der Waals surface area contributed by atoms with Crippen LogP contribution in [0.4, 0.5) is 0 Å². The first kappa shape index (κ1) is 9.00. The average Bonchev–Trinajstić information content (AvgIpc) is 2.51.